The summed E-state index contributed by atoms with van der Waals surface area (Å²) in [4.78, 5) is 2.40. The maximum absolute atomic E-state index is 9.96. The van der Waals surface area contributed by atoms with Gasteiger partial charge in [-0.1, -0.05) is 0 Å². The molecule has 0 bridgehead atoms. The Morgan fingerprint density at radius 2 is 1.79 bits per heavy atom. The monoisotopic (exact) mass is 200 g/mol. The van der Waals surface area contributed by atoms with E-state index in [1.54, 1.807) is 0 Å². The van der Waals surface area contributed by atoms with Crippen LogP contribution in [0.1, 0.15) is 34.1 Å². The smallest absolute Gasteiger partial charge is 0.0720 e. The molecule has 0 unspecified atom stereocenters. The molecule has 0 aliphatic carbocycles. The Balaban J connectivity index is 2.65. The molecule has 0 radical (unpaired) electrons. The van der Waals surface area contributed by atoms with Crippen LogP contribution in [0.4, 0.5) is 0 Å². The van der Waals surface area contributed by atoms with Crippen molar-refractivity contribution in [3.8, 4) is 0 Å². The highest BCUT2D eigenvalue weighted by Crippen LogP contribution is 2.17. The second kappa shape index (κ2) is 5.10. The molecule has 1 fully saturated rings. The Kier molecular flexibility index (Phi) is 4.35. The number of aliphatic hydroxyl groups is 1. The Labute approximate surface area is 87.5 Å². The summed E-state index contributed by atoms with van der Waals surface area (Å²) < 4.78 is 0. The van der Waals surface area contributed by atoms with Crippen LogP contribution in [0.25, 0.3) is 0 Å². The van der Waals surface area contributed by atoms with Crippen molar-refractivity contribution in [2.45, 2.75) is 58.3 Å². The average Bonchev–Trinajstić information content (AvgIpc) is 2.07. The number of hydrogen-bond acceptors (Lipinski definition) is 3. The van der Waals surface area contributed by atoms with Crippen LogP contribution in [0, 0.1) is 0 Å². The van der Waals surface area contributed by atoms with Gasteiger partial charge in [-0.05, 0) is 40.7 Å². The second-order valence-corrected chi connectivity index (χ2v) is 4.76. The number of aliphatic hydroxyl groups excluding tert-OH is 1. The standard InChI is InChI=1S/C11H24N2O/c1-8(2)13(9(3)4)10-7-12-6-5-11(10)14/h8-12,14H,5-7H2,1-4H3/t10-,11-/m0/s1. The molecular formula is C11H24N2O. The predicted octanol–water partition coefficient (Wildman–Crippen LogP) is 0.828. The van der Waals surface area contributed by atoms with Gasteiger partial charge >= 0.3 is 0 Å². The van der Waals surface area contributed by atoms with Crippen LogP contribution in [0.3, 0.4) is 0 Å². The van der Waals surface area contributed by atoms with Gasteiger partial charge in [0.2, 0.25) is 0 Å². The Hall–Kier alpha value is -0.120. The maximum Gasteiger partial charge on any atom is 0.0720 e. The van der Waals surface area contributed by atoms with Crippen LogP contribution in [-0.4, -0.2) is 47.3 Å². The van der Waals surface area contributed by atoms with E-state index in [2.05, 4.69) is 37.9 Å². The molecule has 0 saturated carbocycles. The van der Waals surface area contributed by atoms with E-state index in [0.29, 0.717) is 12.1 Å². The summed E-state index contributed by atoms with van der Waals surface area (Å²) in [5.74, 6) is 0. The third kappa shape index (κ3) is 2.69. The quantitative estimate of drug-likeness (QED) is 0.708. The summed E-state index contributed by atoms with van der Waals surface area (Å²) in [6.07, 6.45) is 0.710. The van der Waals surface area contributed by atoms with E-state index in [-0.39, 0.29) is 12.1 Å². The van der Waals surface area contributed by atoms with E-state index in [1.807, 2.05) is 0 Å². The molecule has 1 aliphatic heterocycles. The summed E-state index contributed by atoms with van der Waals surface area (Å²) in [5.41, 5.74) is 0. The third-order valence-corrected chi connectivity index (χ3v) is 2.99. The van der Waals surface area contributed by atoms with Gasteiger partial charge in [-0.15, -0.1) is 0 Å². The van der Waals surface area contributed by atoms with Gasteiger partial charge in [-0.2, -0.15) is 0 Å². The first-order chi connectivity index (χ1) is 6.54. The number of piperidine rings is 1. The fourth-order valence-corrected chi connectivity index (χ4v) is 2.49. The van der Waals surface area contributed by atoms with E-state index in [9.17, 15) is 5.11 Å². The first-order valence-electron chi connectivity index (χ1n) is 5.70. The highest BCUT2D eigenvalue weighted by Gasteiger charge is 2.31. The zero-order chi connectivity index (χ0) is 10.7. The van der Waals surface area contributed by atoms with Crippen molar-refractivity contribution in [3.05, 3.63) is 0 Å². The topological polar surface area (TPSA) is 35.5 Å². The van der Waals surface area contributed by atoms with Gasteiger partial charge in [0.05, 0.1) is 6.10 Å². The summed E-state index contributed by atoms with van der Waals surface area (Å²) in [7, 11) is 0. The van der Waals surface area contributed by atoms with Crippen LogP contribution in [0.15, 0.2) is 0 Å². The molecule has 14 heavy (non-hydrogen) atoms. The molecular weight excluding hydrogens is 176 g/mol. The Bertz CT molecular complexity index is 163. The molecule has 1 aliphatic rings. The number of rotatable bonds is 3. The third-order valence-electron chi connectivity index (χ3n) is 2.99. The van der Waals surface area contributed by atoms with Crippen molar-refractivity contribution >= 4 is 0 Å². The van der Waals surface area contributed by atoms with Gasteiger partial charge in [0, 0.05) is 24.7 Å². The van der Waals surface area contributed by atoms with Gasteiger partial charge in [0.25, 0.3) is 0 Å². The van der Waals surface area contributed by atoms with Crippen LogP contribution >= 0.6 is 0 Å². The molecule has 84 valence electrons. The molecule has 1 heterocycles. The minimum absolute atomic E-state index is 0.166. The zero-order valence-electron chi connectivity index (χ0n) is 9.83. The molecule has 2 N–H and O–H groups in total. The van der Waals surface area contributed by atoms with Crippen LogP contribution in [0.2, 0.25) is 0 Å². The van der Waals surface area contributed by atoms with Crippen molar-refractivity contribution < 1.29 is 5.11 Å². The van der Waals surface area contributed by atoms with Crippen molar-refractivity contribution in [1.29, 1.82) is 0 Å². The fraction of sp³-hybridized carbons (Fsp3) is 1.00. The molecule has 0 amide bonds. The fourth-order valence-electron chi connectivity index (χ4n) is 2.49. The van der Waals surface area contributed by atoms with E-state index >= 15 is 0 Å². The second-order valence-electron chi connectivity index (χ2n) is 4.76. The summed E-state index contributed by atoms with van der Waals surface area (Å²) in [5, 5.41) is 13.3. The molecule has 3 nitrogen and oxygen atoms in total. The van der Waals surface area contributed by atoms with Crippen molar-refractivity contribution in [2.75, 3.05) is 13.1 Å². The van der Waals surface area contributed by atoms with Crippen LogP contribution in [-0.2, 0) is 0 Å². The lowest BCUT2D eigenvalue weighted by Gasteiger charge is -2.42. The van der Waals surface area contributed by atoms with Crippen molar-refractivity contribution in [1.82, 2.24) is 10.2 Å². The molecule has 0 aromatic heterocycles. The molecule has 1 rings (SSSR count). The van der Waals surface area contributed by atoms with Crippen LogP contribution < -0.4 is 5.32 Å². The molecule has 3 heteroatoms. The molecule has 0 aromatic carbocycles. The molecule has 0 aromatic rings. The highest BCUT2D eigenvalue weighted by atomic mass is 16.3. The zero-order valence-corrected chi connectivity index (χ0v) is 9.83. The molecule has 1 saturated heterocycles. The van der Waals surface area contributed by atoms with Gasteiger partial charge < -0.3 is 10.4 Å². The molecule has 0 spiro atoms. The largest absolute Gasteiger partial charge is 0.391 e. The first kappa shape index (κ1) is 12.0. The SMILES string of the molecule is CC(C)N(C(C)C)[C@H]1CNCC[C@@H]1O. The minimum Gasteiger partial charge on any atom is -0.391 e. The van der Waals surface area contributed by atoms with Gasteiger partial charge in [-0.25, -0.2) is 0 Å². The van der Waals surface area contributed by atoms with E-state index < -0.39 is 0 Å². The normalized spacial score (nSPS) is 29.1. The van der Waals surface area contributed by atoms with Gasteiger partial charge in [-0.3, -0.25) is 4.90 Å². The van der Waals surface area contributed by atoms with E-state index in [1.165, 1.54) is 0 Å². The van der Waals surface area contributed by atoms with Crippen molar-refractivity contribution in [2.24, 2.45) is 0 Å². The average molecular weight is 200 g/mol. The van der Waals surface area contributed by atoms with Gasteiger partial charge in [0.15, 0.2) is 0 Å². The first-order valence-corrected chi connectivity index (χ1v) is 5.70. The summed E-state index contributed by atoms with van der Waals surface area (Å²) >= 11 is 0. The Morgan fingerprint density at radius 3 is 2.21 bits per heavy atom. The van der Waals surface area contributed by atoms with Crippen LogP contribution in [0.5, 0.6) is 0 Å². The maximum atomic E-state index is 9.96. The molecule has 2 atom stereocenters. The summed E-state index contributed by atoms with van der Waals surface area (Å²) in [6.45, 7) is 10.6. The highest BCUT2D eigenvalue weighted by molar-refractivity contribution is 4.88. The number of hydrogen-bond donors (Lipinski definition) is 2. The minimum atomic E-state index is -0.166. The van der Waals surface area contributed by atoms with Crippen molar-refractivity contribution in [3.63, 3.8) is 0 Å². The van der Waals surface area contributed by atoms with Gasteiger partial charge in [0.1, 0.15) is 0 Å². The lowest BCUT2D eigenvalue weighted by molar-refractivity contribution is -0.00350. The van der Waals surface area contributed by atoms with E-state index in [0.717, 1.165) is 19.5 Å². The lowest BCUT2D eigenvalue weighted by atomic mass is 9.99. The lowest BCUT2D eigenvalue weighted by Crippen LogP contribution is -2.58. The van der Waals surface area contributed by atoms with E-state index in [4.69, 9.17) is 0 Å². The Morgan fingerprint density at radius 1 is 1.21 bits per heavy atom. The number of nitrogens with zero attached hydrogens (tertiary/aromatic N) is 1. The number of nitrogens with one attached hydrogen (secondary N) is 1. The predicted molar refractivity (Wildman–Crippen MR) is 59.4 cm³/mol. The summed E-state index contributed by atoms with van der Waals surface area (Å²) in [6, 6.07) is 1.27.